The van der Waals surface area contributed by atoms with Crippen molar-refractivity contribution in [2.45, 2.75) is 66.6 Å². The van der Waals surface area contributed by atoms with Crippen molar-refractivity contribution in [1.29, 1.82) is 0 Å². The molecule has 0 aliphatic heterocycles. The number of carbonyl (C=O) groups excluding carboxylic acids is 3. The highest BCUT2D eigenvalue weighted by molar-refractivity contribution is 5.83. The van der Waals surface area contributed by atoms with Crippen molar-refractivity contribution in [3.63, 3.8) is 0 Å². The molecule has 10 nitrogen and oxygen atoms in total. The van der Waals surface area contributed by atoms with Crippen LogP contribution in [0.4, 0.5) is 0 Å². The molecule has 0 saturated heterocycles. The first kappa shape index (κ1) is 29.6. The number of carbonyl (C=O) groups is 3. The zero-order valence-corrected chi connectivity index (χ0v) is 23.3. The fourth-order valence-electron chi connectivity index (χ4n) is 4.07. The molecule has 3 atom stereocenters. The maximum atomic E-state index is 12.8. The summed E-state index contributed by atoms with van der Waals surface area (Å²) in [7, 11) is 0. The van der Waals surface area contributed by atoms with Crippen molar-refractivity contribution in [3.05, 3.63) is 48.0 Å². The summed E-state index contributed by atoms with van der Waals surface area (Å²) in [6, 6.07) is 12.4. The number of fused-ring (bicyclic) bond motifs is 1. The molecule has 2 aromatic carbocycles. The van der Waals surface area contributed by atoms with Crippen LogP contribution in [-0.2, 0) is 35.0 Å². The molecule has 39 heavy (non-hydrogen) atoms. The quantitative estimate of drug-likeness (QED) is 0.263. The molecule has 210 valence electrons. The predicted molar refractivity (Wildman–Crippen MR) is 144 cm³/mol. The Morgan fingerprint density at radius 2 is 1.44 bits per heavy atom. The van der Waals surface area contributed by atoms with Crippen LogP contribution >= 0.6 is 0 Å². The summed E-state index contributed by atoms with van der Waals surface area (Å²) >= 11 is 0. The van der Waals surface area contributed by atoms with Gasteiger partial charge >= 0.3 is 17.9 Å². The van der Waals surface area contributed by atoms with Gasteiger partial charge in [0.2, 0.25) is 0 Å². The second-order valence-corrected chi connectivity index (χ2v) is 10.2. The number of ether oxygens (including phenoxy) is 3. The third kappa shape index (κ3) is 8.02. The van der Waals surface area contributed by atoms with Crippen molar-refractivity contribution in [2.24, 2.45) is 17.8 Å². The van der Waals surface area contributed by atoms with E-state index in [1.807, 2.05) is 24.3 Å². The predicted octanol–water partition coefficient (Wildman–Crippen LogP) is 4.39. The summed E-state index contributed by atoms with van der Waals surface area (Å²) in [5.41, 5.74) is 2.63. The minimum absolute atomic E-state index is 0.0223. The van der Waals surface area contributed by atoms with Gasteiger partial charge in [0.1, 0.15) is 22.5 Å². The molecule has 3 unspecified atom stereocenters. The van der Waals surface area contributed by atoms with Crippen molar-refractivity contribution < 1.29 is 33.7 Å². The molecular formula is C29H37N3O7. The van der Waals surface area contributed by atoms with Gasteiger partial charge in [-0.3, -0.25) is 14.4 Å². The number of aromatic hydroxyl groups is 1. The number of aromatic nitrogens is 3. The van der Waals surface area contributed by atoms with Crippen molar-refractivity contribution in [2.75, 3.05) is 6.61 Å². The van der Waals surface area contributed by atoms with Crippen molar-refractivity contribution in [1.82, 2.24) is 15.0 Å². The second-order valence-electron chi connectivity index (χ2n) is 10.2. The highest BCUT2D eigenvalue weighted by Gasteiger charge is 2.36. The number of hydrogen-bond acceptors (Lipinski definition) is 9. The normalized spacial score (nSPS) is 13.7. The first-order chi connectivity index (χ1) is 18.5. The molecule has 0 radical (unpaired) electrons. The van der Waals surface area contributed by atoms with Gasteiger partial charge in [-0.15, -0.1) is 15.0 Å². The zero-order valence-electron chi connectivity index (χ0n) is 23.3. The second kappa shape index (κ2) is 13.2. The Kier molecular flexibility index (Phi) is 10.0. The molecule has 0 aliphatic carbocycles. The van der Waals surface area contributed by atoms with Crippen LogP contribution in [0.1, 0.15) is 53.5 Å². The Balaban J connectivity index is 1.62. The Bertz CT molecular complexity index is 1270. The minimum Gasteiger partial charge on any atom is -0.506 e. The van der Waals surface area contributed by atoms with Crippen LogP contribution in [0.15, 0.2) is 42.5 Å². The van der Waals surface area contributed by atoms with E-state index in [4.69, 9.17) is 14.2 Å². The fraction of sp³-hybridized carbons (Fsp3) is 0.483. The molecule has 3 aromatic rings. The van der Waals surface area contributed by atoms with E-state index in [0.29, 0.717) is 23.1 Å². The molecule has 0 saturated carbocycles. The van der Waals surface area contributed by atoms with Gasteiger partial charge in [0.05, 0.1) is 36.6 Å². The number of benzene rings is 2. The van der Waals surface area contributed by atoms with Crippen molar-refractivity contribution in [3.8, 4) is 11.4 Å². The number of phenols is 1. The van der Waals surface area contributed by atoms with Crippen LogP contribution in [0.2, 0.25) is 0 Å². The highest BCUT2D eigenvalue weighted by atomic mass is 16.6. The lowest BCUT2D eigenvalue weighted by atomic mass is 9.85. The monoisotopic (exact) mass is 539 g/mol. The maximum Gasteiger partial charge on any atom is 0.310 e. The smallest absolute Gasteiger partial charge is 0.310 e. The summed E-state index contributed by atoms with van der Waals surface area (Å²) in [4.78, 5) is 39.4. The molecule has 1 aromatic heterocycles. The van der Waals surface area contributed by atoms with E-state index in [1.165, 1.54) is 4.80 Å². The molecule has 0 bridgehead atoms. The van der Waals surface area contributed by atoms with Crippen LogP contribution in [0.25, 0.3) is 16.7 Å². The number of rotatable bonds is 12. The lowest BCUT2D eigenvalue weighted by molar-refractivity contribution is -0.166. The molecule has 0 fully saturated rings. The van der Waals surface area contributed by atoms with Crippen LogP contribution in [0, 0.1) is 17.8 Å². The Labute approximate surface area is 228 Å². The summed E-state index contributed by atoms with van der Waals surface area (Å²) in [5, 5.41) is 19.2. The lowest BCUT2D eigenvalue weighted by Gasteiger charge is -2.25. The van der Waals surface area contributed by atoms with Gasteiger partial charge < -0.3 is 19.3 Å². The minimum atomic E-state index is -0.849. The molecular weight excluding hydrogens is 502 g/mol. The van der Waals surface area contributed by atoms with E-state index in [0.717, 1.165) is 5.56 Å². The Hall–Kier alpha value is -3.95. The zero-order chi connectivity index (χ0) is 28.7. The molecule has 1 N–H and O–H groups in total. The van der Waals surface area contributed by atoms with E-state index in [2.05, 4.69) is 10.2 Å². The third-order valence-electron chi connectivity index (χ3n) is 6.17. The van der Waals surface area contributed by atoms with Crippen LogP contribution in [0.5, 0.6) is 5.75 Å². The largest absolute Gasteiger partial charge is 0.506 e. The average Bonchev–Trinajstić information content (AvgIpc) is 3.30. The molecule has 0 amide bonds. The van der Waals surface area contributed by atoms with E-state index in [9.17, 15) is 19.5 Å². The SMILES string of the molecule is CC(C)OC(=O)C(C)C(CC(C)C(=O)OCCc1ccc(O)c(-n2nc3ccccc3n2)c1)C(=O)OC(C)C. The van der Waals surface area contributed by atoms with Gasteiger partial charge in [0, 0.05) is 6.42 Å². The summed E-state index contributed by atoms with van der Waals surface area (Å²) in [5.74, 6) is -3.81. The van der Waals surface area contributed by atoms with Gasteiger partial charge in [0.15, 0.2) is 0 Å². The molecule has 10 heteroatoms. The van der Waals surface area contributed by atoms with E-state index in [1.54, 1.807) is 59.7 Å². The van der Waals surface area contributed by atoms with Gasteiger partial charge in [-0.25, -0.2) is 0 Å². The summed E-state index contributed by atoms with van der Waals surface area (Å²) in [6.45, 7) is 10.3. The van der Waals surface area contributed by atoms with Crippen molar-refractivity contribution >= 4 is 28.9 Å². The summed E-state index contributed by atoms with van der Waals surface area (Å²) < 4.78 is 16.1. The molecule has 0 spiro atoms. The van der Waals surface area contributed by atoms with Gasteiger partial charge in [0.25, 0.3) is 0 Å². The van der Waals surface area contributed by atoms with Crippen LogP contribution < -0.4 is 0 Å². The first-order valence-corrected chi connectivity index (χ1v) is 13.2. The fourth-order valence-corrected chi connectivity index (χ4v) is 4.07. The standard InChI is InChI=1S/C29H37N3O7/c1-17(2)38-28(35)20(6)22(29(36)39-18(3)4)15-19(5)27(34)37-14-13-21-11-12-26(33)25(16-21)32-30-23-9-7-8-10-24(23)31-32/h7-12,16-20,22,33H,13-15H2,1-6H3. The highest BCUT2D eigenvalue weighted by Crippen LogP contribution is 2.26. The van der Waals surface area contributed by atoms with Gasteiger partial charge in [-0.05, 0) is 63.9 Å². The van der Waals surface area contributed by atoms with E-state index >= 15 is 0 Å². The van der Waals surface area contributed by atoms with Gasteiger partial charge in [-0.2, -0.15) is 0 Å². The third-order valence-corrected chi connectivity index (χ3v) is 6.17. The van der Waals surface area contributed by atoms with E-state index < -0.39 is 35.7 Å². The Morgan fingerprint density at radius 3 is 2.03 bits per heavy atom. The molecule has 3 rings (SSSR count). The first-order valence-electron chi connectivity index (χ1n) is 13.2. The number of hydrogen-bond donors (Lipinski definition) is 1. The van der Waals surface area contributed by atoms with Gasteiger partial charge in [-0.1, -0.05) is 32.0 Å². The van der Waals surface area contributed by atoms with E-state index in [-0.39, 0.29) is 31.0 Å². The average molecular weight is 540 g/mol. The lowest BCUT2D eigenvalue weighted by Crippen LogP contribution is -2.35. The number of nitrogens with zero attached hydrogens (tertiary/aromatic N) is 3. The summed E-state index contributed by atoms with van der Waals surface area (Å²) in [6.07, 6.45) is -0.211. The number of esters is 3. The topological polar surface area (TPSA) is 130 Å². The number of phenolic OH excluding ortho intramolecular Hbond substituents is 1. The van der Waals surface area contributed by atoms with Crippen LogP contribution in [0.3, 0.4) is 0 Å². The Morgan fingerprint density at radius 1 is 0.846 bits per heavy atom. The van der Waals surface area contributed by atoms with Crippen LogP contribution in [-0.4, -0.2) is 56.8 Å². The molecule has 0 aliphatic rings. The maximum absolute atomic E-state index is 12.8. The molecule has 1 heterocycles.